The van der Waals surface area contributed by atoms with Crippen LogP contribution in [-0.4, -0.2) is 79.1 Å². The third-order valence-corrected chi connectivity index (χ3v) is 4.29. The van der Waals surface area contributed by atoms with Crippen LogP contribution in [0.5, 0.6) is 0 Å². The number of hydrogen-bond acceptors (Lipinski definition) is 7. The van der Waals surface area contributed by atoms with Gasteiger partial charge in [-0.1, -0.05) is 26.7 Å². The Bertz CT molecular complexity index is 264. The molecule has 0 saturated carbocycles. The Balaban J connectivity index is 0.000000430. The van der Waals surface area contributed by atoms with Crippen LogP contribution in [0.25, 0.3) is 0 Å². The van der Waals surface area contributed by atoms with Crippen LogP contribution >= 0.6 is 0 Å². The van der Waals surface area contributed by atoms with Crippen molar-refractivity contribution in [2.24, 2.45) is 11.8 Å². The van der Waals surface area contributed by atoms with Gasteiger partial charge in [-0.25, -0.2) is 0 Å². The summed E-state index contributed by atoms with van der Waals surface area (Å²) >= 11 is 0. The average Bonchev–Trinajstić information content (AvgIpc) is 3.25. The van der Waals surface area contributed by atoms with Crippen LogP contribution in [-0.2, 0) is 14.2 Å². The minimum atomic E-state index is -0.352. The first-order valence-electron chi connectivity index (χ1n) is 9.90. The third-order valence-electron chi connectivity index (χ3n) is 4.29. The summed E-state index contributed by atoms with van der Waals surface area (Å²) < 4.78 is 16.5. The highest BCUT2D eigenvalue weighted by atomic mass is 16.7. The van der Waals surface area contributed by atoms with Crippen molar-refractivity contribution >= 4 is 0 Å². The van der Waals surface area contributed by atoms with Gasteiger partial charge in [-0.15, -0.1) is 0 Å². The Labute approximate surface area is 158 Å². The Morgan fingerprint density at radius 3 is 1.54 bits per heavy atom. The molecule has 7 nitrogen and oxygen atoms in total. The molecule has 2 heterocycles. The molecule has 7 heteroatoms. The van der Waals surface area contributed by atoms with Crippen LogP contribution in [0, 0.1) is 11.8 Å². The van der Waals surface area contributed by atoms with Gasteiger partial charge in [0.15, 0.2) is 5.79 Å². The quantitative estimate of drug-likeness (QED) is 0.503. The van der Waals surface area contributed by atoms with E-state index in [1.165, 1.54) is 12.8 Å². The summed E-state index contributed by atoms with van der Waals surface area (Å²) in [5.74, 6) is -0.535. The number of hydrogen-bond donors (Lipinski definition) is 4. The molecular formula is C19H40O7. The van der Waals surface area contributed by atoms with Crippen molar-refractivity contribution in [3.8, 4) is 0 Å². The summed E-state index contributed by atoms with van der Waals surface area (Å²) in [5, 5.41) is 33.6. The lowest BCUT2D eigenvalue weighted by atomic mass is 10.0. The number of rotatable bonds is 8. The molecule has 0 aromatic heterocycles. The zero-order valence-electron chi connectivity index (χ0n) is 16.6. The first-order valence-corrected chi connectivity index (χ1v) is 9.90. The van der Waals surface area contributed by atoms with Crippen molar-refractivity contribution in [3.63, 3.8) is 0 Å². The molecule has 2 aliphatic heterocycles. The van der Waals surface area contributed by atoms with Crippen LogP contribution in [0.3, 0.4) is 0 Å². The monoisotopic (exact) mass is 380 g/mol. The molecule has 2 aliphatic rings. The summed E-state index contributed by atoms with van der Waals surface area (Å²) in [6.07, 6.45) is 6.62. The van der Waals surface area contributed by atoms with Crippen molar-refractivity contribution in [1.29, 1.82) is 0 Å². The predicted molar refractivity (Wildman–Crippen MR) is 99.8 cm³/mol. The largest absolute Gasteiger partial charge is 0.396 e. The van der Waals surface area contributed by atoms with Crippen LogP contribution < -0.4 is 0 Å². The molecule has 0 aliphatic carbocycles. The fourth-order valence-electron chi connectivity index (χ4n) is 2.59. The van der Waals surface area contributed by atoms with Gasteiger partial charge >= 0.3 is 0 Å². The molecule has 2 fully saturated rings. The minimum Gasteiger partial charge on any atom is -0.396 e. The summed E-state index contributed by atoms with van der Waals surface area (Å²) in [5.41, 5.74) is 0. The van der Waals surface area contributed by atoms with Crippen LogP contribution in [0.4, 0.5) is 0 Å². The van der Waals surface area contributed by atoms with E-state index in [0.29, 0.717) is 13.2 Å². The van der Waals surface area contributed by atoms with Crippen LogP contribution in [0.15, 0.2) is 0 Å². The molecule has 0 atom stereocenters. The van der Waals surface area contributed by atoms with E-state index in [9.17, 15) is 0 Å². The average molecular weight is 381 g/mol. The SMILES string of the molecule is C1CCOC1.CCCC1(CCC)OCC(CO)CO1.OCC(CO)CO. The van der Waals surface area contributed by atoms with Crippen molar-refractivity contribution in [1.82, 2.24) is 0 Å². The second kappa shape index (κ2) is 16.9. The smallest absolute Gasteiger partial charge is 0.168 e. The van der Waals surface area contributed by atoms with Gasteiger partial charge < -0.3 is 34.6 Å². The van der Waals surface area contributed by atoms with E-state index in [1.54, 1.807) is 0 Å². The Hall–Kier alpha value is -0.280. The normalized spacial score (nSPS) is 19.5. The fraction of sp³-hybridized carbons (Fsp3) is 1.00. The number of aliphatic hydroxyl groups excluding tert-OH is 4. The third kappa shape index (κ3) is 11.4. The molecule has 2 saturated heterocycles. The molecule has 0 amide bonds. The lowest BCUT2D eigenvalue weighted by Gasteiger charge is -2.39. The van der Waals surface area contributed by atoms with Gasteiger partial charge in [-0.3, -0.25) is 0 Å². The van der Waals surface area contributed by atoms with Crippen LogP contribution in [0.1, 0.15) is 52.4 Å². The van der Waals surface area contributed by atoms with Gasteiger partial charge in [0.2, 0.25) is 0 Å². The highest BCUT2D eigenvalue weighted by Gasteiger charge is 2.35. The molecule has 0 radical (unpaired) electrons. The van der Waals surface area contributed by atoms with Gasteiger partial charge in [0.05, 0.1) is 39.6 Å². The summed E-state index contributed by atoms with van der Waals surface area (Å²) in [7, 11) is 0. The molecular weight excluding hydrogens is 340 g/mol. The molecule has 2 rings (SSSR count). The molecule has 0 aromatic rings. The van der Waals surface area contributed by atoms with E-state index in [4.69, 9.17) is 34.6 Å². The molecule has 26 heavy (non-hydrogen) atoms. The first-order chi connectivity index (χ1) is 12.6. The fourth-order valence-corrected chi connectivity index (χ4v) is 2.59. The minimum absolute atomic E-state index is 0.146. The number of aliphatic hydroxyl groups is 4. The molecule has 0 spiro atoms. The second-order valence-electron chi connectivity index (χ2n) is 6.81. The lowest BCUT2D eigenvalue weighted by Crippen LogP contribution is -2.45. The Morgan fingerprint density at radius 1 is 0.846 bits per heavy atom. The van der Waals surface area contributed by atoms with Gasteiger partial charge in [0, 0.05) is 37.9 Å². The molecule has 0 bridgehead atoms. The van der Waals surface area contributed by atoms with E-state index >= 15 is 0 Å². The Morgan fingerprint density at radius 2 is 1.31 bits per heavy atom. The van der Waals surface area contributed by atoms with Crippen molar-refractivity contribution in [2.75, 3.05) is 52.9 Å². The second-order valence-corrected chi connectivity index (χ2v) is 6.81. The van der Waals surface area contributed by atoms with E-state index in [2.05, 4.69) is 13.8 Å². The van der Waals surface area contributed by atoms with Crippen molar-refractivity contribution in [3.05, 3.63) is 0 Å². The molecule has 0 unspecified atom stereocenters. The highest BCUT2D eigenvalue weighted by Crippen LogP contribution is 2.30. The van der Waals surface area contributed by atoms with Gasteiger partial charge in [-0.05, 0) is 12.8 Å². The molecule has 0 aromatic carbocycles. The first kappa shape index (κ1) is 25.7. The molecule has 158 valence electrons. The standard InChI is InChI=1S/C11H22O3.C4H10O3.C4H8O/c1-3-5-11(6-4-2)13-8-10(7-12)9-14-11;5-1-4(2-6)3-7;1-2-4-5-3-1/h10,12H,3-9H2,1-2H3;4-7H,1-3H2;1-4H2. The van der Waals surface area contributed by atoms with Gasteiger partial charge in [0.1, 0.15) is 0 Å². The number of ether oxygens (including phenoxy) is 3. The topological polar surface area (TPSA) is 109 Å². The van der Waals surface area contributed by atoms with Crippen molar-refractivity contribution < 1.29 is 34.6 Å². The summed E-state index contributed by atoms with van der Waals surface area (Å²) in [6, 6.07) is 0. The van der Waals surface area contributed by atoms with E-state index in [1.807, 2.05) is 0 Å². The van der Waals surface area contributed by atoms with E-state index in [0.717, 1.165) is 38.9 Å². The summed E-state index contributed by atoms with van der Waals surface area (Å²) in [6.45, 7) is 7.28. The van der Waals surface area contributed by atoms with Gasteiger partial charge in [0.25, 0.3) is 0 Å². The Kier molecular flexibility index (Phi) is 16.7. The highest BCUT2D eigenvalue weighted by molar-refractivity contribution is 4.75. The maximum atomic E-state index is 8.96. The molecule has 4 N–H and O–H groups in total. The van der Waals surface area contributed by atoms with Crippen LogP contribution in [0.2, 0.25) is 0 Å². The maximum Gasteiger partial charge on any atom is 0.168 e. The van der Waals surface area contributed by atoms with E-state index in [-0.39, 0.29) is 44.1 Å². The predicted octanol–water partition coefficient (Wildman–Crippen LogP) is 1.31. The zero-order chi connectivity index (χ0) is 19.7. The van der Waals surface area contributed by atoms with E-state index < -0.39 is 0 Å². The lowest BCUT2D eigenvalue weighted by molar-refractivity contribution is -0.291. The van der Waals surface area contributed by atoms with Crippen molar-refractivity contribution in [2.45, 2.75) is 58.2 Å². The zero-order valence-corrected chi connectivity index (χ0v) is 16.6. The maximum absolute atomic E-state index is 8.96. The van der Waals surface area contributed by atoms with Gasteiger partial charge in [-0.2, -0.15) is 0 Å². The summed E-state index contributed by atoms with van der Waals surface area (Å²) in [4.78, 5) is 0.